The molecule has 154 valence electrons. The van der Waals surface area contributed by atoms with Crippen molar-refractivity contribution in [1.29, 1.82) is 0 Å². The van der Waals surface area contributed by atoms with Crippen LogP contribution in [-0.2, 0) is 6.42 Å². The first-order valence-corrected chi connectivity index (χ1v) is 9.79. The van der Waals surface area contributed by atoms with Gasteiger partial charge in [-0.15, -0.1) is 0 Å². The zero-order chi connectivity index (χ0) is 21.6. The van der Waals surface area contributed by atoms with Crippen LogP contribution in [0.3, 0.4) is 0 Å². The van der Waals surface area contributed by atoms with E-state index in [1.165, 1.54) is 33.4 Å². The van der Waals surface area contributed by atoms with Crippen LogP contribution in [0.5, 0.6) is 0 Å². The fourth-order valence-electron chi connectivity index (χ4n) is 3.47. The maximum absolute atomic E-state index is 12.7. The highest BCUT2D eigenvalue weighted by Crippen LogP contribution is 2.31. The predicted octanol–water partition coefficient (Wildman–Crippen LogP) is 8.37. The van der Waals surface area contributed by atoms with Crippen molar-refractivity contribution in [3.63, 3.8) is 0 Å². The van der Waals surface area contributed by atoms with Crippen molar-refractivity contribution < 1.29 is 13.2 Å². The van der Waals surface area contributed by atoms with Crippen LogP contribution >= 0.6 is 0 Å². The summed E-state index contributed by atoms with van der Waals surface area (Å²) in [6, 6.07) is 2.23. The topological polar surface area (TPSA) is 0 Å². The van der Waals surface area contributed by atoms with Crippen LogP contribution in [0.4, 0.5) is 13.2 Å². The first kappa shape index (κ1) is 24.0. The predicted molar refractivity (Wildman–Crippen MR) is 116 cm³/mol. The highest BCUT2D eigenvalue weighted by atomic mass is 19.4. The lowest BCUT2D eigenvalue weighted by Gasteiger charge is -2.19. The van der Waals surface area contributed by atoms with Crippen molar-refractivity contribution >= 4 is 5.57 Å². The second kappa shape index (κ2) is 9.95. The van der Waals surface area contributed by atoms with Gasteiger partial charge in [-0.2, -0.15) is 13.2 Å². The molecule has 0 heterocycles. The van der Waals surface area contributed by atoms with E-state index < -0.39 is 11.7 Å². The van der Waals surface area contributed by atoms with Crippen LogP contribution in [0.15, 0.2) is 47.6 Å². The number of rotatable bonds is 7. The molecular formula is C25H33F3. The molecule has 0 N–H and O–H groups in total. The number of hydrogen-bond acceptors (Lipinski definition) is 0. The maximum atomic E-state index is 12.7. The molecule has 0 bridgehead atoms. The molecule has 0 aliphatic heterocycles. The minimum atomic E-state index is -4.29. The molecule has 28 heavy (non-hydrogen) atoms. The molecule has 1 rings (SSSR count). The van der Waals surface area contributed by atoms with Gasteiger partial charge in [0, 0.05) is 5.57 Å². The van der Waals surface area contributed by atoms with Gasteiger partial charge in [0.15, 0.2) is 0 Å². The molecule has 0 spiro atoms. The molecule has 0 radical (unpaired) electrons. The number of alkyl halides is 3. The third kappa shape index (κ3) is 5.98. The van der Waals surface area contributed by atoms with Crippen molar-refractivity contribution in [3.8, 4) is 0 Å². The molecule has 0 atom stereocenters. The Labute approximate surface area is 168 Å². The zero-order valence-corrected chi connectivity index (χ0v) is 18.3. The van der Waals surface area contributed by atoms with Gasteiger partial charge in [-0.25, -0.2) is 0 Å². The number of benzene rings is 1. The van der Waals surface area contributed by atoms with Crippen LogP contribution in [0.2, 0.25) is 0 Å². The zero-order valence-electron chi connectivity index (χ0n) is 18.3. The summed E-state index contributed by atoms with van der Waals surface area (Å²) in [4.78, 5) is 0. The van der Waals surface area contributed by atoms with Gasteiger partial charge >= 0.3 is 6.18 Å². The summed E-state index contributed by atoms with van der Waals surface area (Å²) < 4.78 is 38.2. The summed E-state index contributed by atoms with van der Waals surface area (Å²) in [5.41, 5.74) is 8.77. The Morgan fingerprint density at radius 1 is 1.07 bits per heavy atom. The average molecular weight is 391 g/mol. The second-order valence-electron chi connectivity index (χ2n) is 7.46. The highest BCUT2D eigenvalue weighted by molar-refractivity contribution is 5.72. The van der Waals surface area contributed by atoms with Crippen LogP contribution in [0.25, 0.3) is 5.57 Å². The fraction of sp³-hybridized carbons (Fsp3) is 0.440. The Balaban J connectivity index is 3.19. The van der Waals surface area contributed by atoms with Gasteiger partial charge in [0.05, 0.1) is 0 Å². The number of aryl methyl sites for hydroxylation is 2. The molecule has 0 aromatic heterocycles. The Morgan fingerprint density at radius 3 is 2.14 bits per heavy atom. The maximum Gasteiger partial charge on any atom is 0.412 e. The Bertz CT molecular complexity index is 815. The standard InChI is InChI=1S/C25H33F3/c1-9-21(10-2)24-17(5)15-23(19(7)20(24)8)14-13-22(16(3)4)12-11-18(6)25(26,27)28/h9,11-12,15H,3,10,13-14H2,1-2,4-8H3/b18-11+,21-9-,22-12-. The van der Waals surface area contributed by atoms with E-state index in [1.54, 1.807) is 6.08 Å². The molecule has 0 fully saturated rings. The first-order valence-electron chi connectivity index (χ1n) is 9.79. The van der Waals surface area contributed by atoms with E-state index in [0.717, 1.165) is 37.0 Å². The summed E-state index contributed by atoms with van der Waals surface area (Å²) in [6.45, 7) is 17.5. The molecule has 0 nitrogen and oxygen atoms in total. The van der Waals surface area contributed by atoms with E-state index in [0.29, 0.717) is 6.42 Å². The number of allylic oxidation sites excluding steroid dienone is 7. The van der Waals surface area contributed by atoms with Crippen molar-refractivity contribution in [2.24, 2.45) is 0 Å². The van der Waals surface area contributed by atoms with Gasteiger partial charge in [-0.1, -0.05) is 43.4 Å². The third-order valence-corrected chi connectivity index (χ3v) is 5.45. The van der Waals surface area contributed by atoms with Gasteiger partial charge in [0.1, 0.15) is 0 Å². The van der Waals surface area contributed by atoms with Gasteiger partial charge < -0.3 is 0 Å². The third-order valence-electron chi connectivity index (χ3n) is 5.45. The van der Waals surface area contributed by atoms with Crippen LogP contribution in [0, 0.1) is 20.8 Å². The largest absolute Gasteiger partial charge is 0.412 e. The summed E-state index contributed by atoms with van der Waals surface area (Å²) >= 11 is 0. The van der Waals surface area contributed by atoms with E-state index >= 15 is 0 Å². The Kier molecular flexibility index (Phi) is 8.53. The SMILES string of the molecule is C=C(C)/C(=C\C=C(/C)C(F)(F)F)CCc1cc(C)c(/C(=C\C)CC)c(C)c1C. The summed E-state index contributed by atoms with van der Waals surface area (Å²) in [6.07, 6.45) is 3.03. The van der Waals surface area contributed by atoms with E-state index in [1.807, 2.05) is 6.92 Å². The fourth-order valence-corrected chi connectivity index (χ4v) is 3.47. The smallest absolute Gasteiger partial charge is 0.166 e. The Morgan fingerprint density at radius 2 is 1.68 bits per heavy atom. The van der Waals surface area contributed by atoms with E-state index in [9.17, 15) is 13.2 Å². The van der Waals surface area contributed by atoms with Crippen molar-refractivity contribution in [1.82, 2.24) is 0 Å². The van der Waals surface area contributed by atoms with Crippen molar-refractivity contribution in [3.05, 3.63) is 75.4 Å². The van der Waals surface area contributed by atoms with Gasteiger partial charge in [-0.3, -0.25) is 0 Å². The summed E-state index contributed by atoms with van der Waals surface area (Å²) in [5, 5.41) is 0. The van der Waals surface area contributed by atoms with Crippen molar-refractivity contribution in [2.45, 2.75) is 73.9 Å². The van der Waals surface area contributed by atoms with Crippen molar-refractivity contribution in [2.75, 3.05) is 0 Å². The lowest BCUT2D eigenvalue weighted by molar-refractivity contribution is -0.0913. The van der Waals surface area contributed by atoms with Gasteiger partial charge in [0.25, 0.3) is 0 Å². The Hall–Kier alpha value is -2.03. The van der Waals surface area contributed by atoms with E-state index in [2.05, 4.69) is 53.3 Å². The highest BCUT2D eigenvalue weighted by Gasteiger charge is 2.29. The molecule has 3 heteroatoms. The minimum Gasteiger partial charge on any atom is -0.166 e. The minimum absolute atomic E-state index is 0.600. The first-order chi connectivity index (χ1) is 12.9. The average Bonchev–Trinajstić information content (AvgIpc) is 2.61. The normalized spacial score (nSPS) is 13.9. The van der Waals surface area contributed by atoms with Gasteiger partial charge in [0.2, 0.25) is 0 Å². The molecule has 0 aliphatic carbocycles. The molecule has 0 saturated carbocycles. The second-order valence-corrected chi connectivity index (χ2v) is 7.46. The molecule has 0 aliphatic rings. The molecule has 0 unspecified atom stereocenters. The molecule has 1 aromatic rings. The monoisotopic (exact) mass is 390 g/mol. The number of hydrogen-bond donors (Lipinski definition) is 0. The van der Waals surface area contributed by atoms with Crippen LogP contribution in [0.1, 0.15) is 68.4 Å². The summed E-state index contributed by atoms with van der Waals surface area (Å²) in [5.74, 6) is 0. The molecule has 0 saturated heterocycles. The lowest BCUT2D eigenvalue weighted by Crippen LogP contribution is -2.08. The quantitative estimate of drug-likeness (QED) is 0.410. The van der Waals surface area contributed by atoms with E-state index in [4.69, 9.17) is 0 Å². The molecular weight excluding hydrogens is 357 g/mol. The molecule has 0 amide bonds. The van der Waals surface area contributed by atoms with E-state index in [-0.39, 0.29) is 0 Å². The molecule has 1 aromatic carbocycles. The van der Waals surface area contributed by atoms with Gasteiger partial charge in [-0.05, 0) is 99.8 Å². The summed E-state index contributed by atoms with van der Waals surface area (Å²) in [7, 11) is 0. The number of halogens is 3. The van der Waals surface area contributed by atoms with Crippen LogP contribution < -0.4 is 0 Å². The lowest BCUT2D eigenvalue weighted by atomic mass is 9.86. The van der Waals surface area contributed by atoms with Crippen LogP contribution in [-0.4, -0.2) is 6.18 Å².